The molecule has 0 unspecified atom stereocenters. The zero-order chi connectivity index (χ0) is 74.8. The van der Waals surface area contributed by atoms with Crippen molar-refractivity contribution in [1.29, 1.82) is 0 Å². The summed E-state index contributed by atoms with van der Waals surface area (Å²) in [4.78, 5) is 57.5. The Morgan fingerprint density at radius 2 is 0.144 bits per heavy atom. The first kappa shape index (κ1) is 102. The molecule has 0 radical (unpaired) electrons. The maximum atomic E-state index is 2.74. The van der Waals surface area contributed by atoms with Crippen LogP contribution in [0.1, 0.15) is 6.42 Å². The fraction of sp³-hybridized carbons (Fsp3) is 1.00. The first-order valence-electron chi connectivity index (χ1n) is 37.5. The average molecular weight is 1390 g/mol. The Balaban J connectivity index is -0.000000645. The molecule has 97 heavy (non-hydrogen) atoms. The second-order valence-corrected chi connectivity index (χ2v) is 31.9. The Labute approximate surface area is 608 Å². The van der Waals surface area contributed by atoms with E-state index < -0.39 is 0 Å². The van der Waals surface area contributed by atoms with Crippen LogP contribution in [0, 0.1) is 0 Å². The largest absolute Gasteiger partial charge is 0.308 e. The van der Waals surface area contributed by atoms with Gasteiger partial charge < -0.3 is 88.2 Å². The van der Waals surface area contributed by atoms with Gasteiger partial charge in [-0.15, -0.1) is 0 Å². The van der Waals surface area contributed by atoms with Crippen LogP contribution in [0.5, 0.6) is 0 Å². The van der Waals surface area contributed by atoms with Gasteiger partial charge >= 0.3 is 0 Å². The normalized spacial score (nSPS) is 12.7. The molecular weight excluding hydrogens is 1210 g/mol. The van der Waals surface area contributed by atoms with Crippen molar-refractivity contribution in [1.82, 2.24) is 118 Å². The summed E-state index contributed by atoms with van der Waals surface area (Å²) in [6.07, 6.45) is 1.25. The maximum Gasteiger partial charge on any atom is 0.0110 e. The van der Waals surface area contributed by atoms with Crippen LogP contribution in [-0.2, 0) is 0 Å². The second-order valence-electron chi connectivity index (χ2n) is 31.9. The first-order chi connectivity index (χ1) is 45.3. The second kappa shape index (κ2) is 67.0. The summed E-state index contributed by atoms with van der Waals surface area (Å²) in [5, 5.41) is 0. The Morgan fingerprint density at radius 1 is 0.0825 bits per heavy atom. The highest BCUT2D eigenvalue weighted by atomic mass is 15.3. The highest BCUT2D eigenvalue weighted by Crippen LogP contribution is 2.03. The lowest BCUT2D eigenvalue weighted by Crippen LogP contribution is -2.47. The van der Waals surface area contributed by atoms with E-state index in [0.29, 0.717) is 0 Å². The van der Waals surface area contributed by atoms with Crippen molar-refractivity contribution >= 4 is 0 Å². The number of hydrogen-bond donors (Lipinski definition) is 0. The standard InChI is InChI=1S/C30H72N10.C19H46N6.2C12H30N4/c1-31(2)13-19-37(20-14-32(3)4)25-28-40(29-26-38(21-15-33(5)6)22-16-34(7)8)30-27-39(23-17-35(9)10)24-18-36(11)12;1-20(2)12-16-24(17-13-21(3)4)10-9-11-25(18-14-22(5)6)19-15-23(7)8;2*1-13(2)7-10-16(11-8-14(3)4)12-9-15(5)6/h13-30H2,1-12H3;9-19H2,1-8H3;2*7-12H2,1-6H3. The summed E-state index contributed by atoms with van der Waals surface area (Å²) >= 11 is 0. The highest BCUT2D eigenvalue weighted by molar-refractivity contribution is 4.74. The molecule has 24 nitrogen and oxygen atoms in total. The zero-order valence-electron chi connectivity index (χ0n) is 71.7. The number of rotatable bonds is 61. The molecule has 0 aliphatic carbocycles. The van der Waals surface area contributed by atoms with Crippen LogP contribution < -0.4 is 0 Å². The van der Waals surface area contributed by atoms with Crippen LogP contribution in [0.15, 0.2) is 0 Å². The molecule has 0 N–H and O–H groups in total. The molecule has 0 aromatic heterocycles. The summed E-state index contributed by atoms with van der Waals surface area (Å²) in [7, 11) is 69.1. The van der Waals surface area contributed by atoms with Gasteiger partial charge in [0.1, 0.15) is 0 Å². The molecule has 590 valence electrons. The first-order valence-corrected chi connectivity index (χ1v) is 37.5. The monoisotopic (exact) mass is 1390 g/mol. The molecule has 0 rings (SSSR count). The predicted octanol–water partition coefficient (Wildman–Crippen LogP) is -0.263. The molecule has 0 heterocycles. The molecule has 0 aromatic carbocycles. The minimum Gasteiger partial charge on any atom is -0.308 e. The highest BCUT2D eigenvalue weighted by Gasteiger charge is 2.17. The van der Waals surface area contributed by atoms with Gasteiger partial charge in [0.2, 0.25) is 0 Å². The van der Waals surface area contributed by atoms with E-state index in [-0.39, 0.29) is 0 Å². The third kappa shape index (κ3) is 82.2. The minimum atomic E-state index is 1.11. The molecule has 0 saturated heterocycles. The van der Waals surface area contributed by atoms with E-state index in [1.807, 2.05) is 0 Å². The Kier molecular flexibility index (Phi) is 70.7. The summed E-state index contributed by atoms with van der Waals surface area (Å²) < 4.78 is 0. The van der Waals surface area contributed by atoms with Crippen molar-refractivity contribution in [3.8, 4) is 0 Å². The topological polar surface area (TPSA) is 77.8 Å². The predicted molar refractivity (Wildman–Crippen MR) is 433 cm³/mol. The Morgan fingerprint density at radius 3 is 0.216 bits per heavy atom. The smallest absolute Gasteiger partial charge is 0.0110 e. The molecule has 0 aromatic rings. The molecule has 0 bridgehead atoms. The zero-order valence-corrected chi connectivity index (χ0v) is 71.7. The Hall–Kier alpha value is -0.960. The van der Waals surface area contributed by atoms with Crippen LogP contribution >= 0.6 is 0 Å². The Bertz CT molecular complexity index is 1330. The molecule has 0 spiro atoms. The molecule has 0 atom stereocenters. The third-order valence-electron chi connectivity index (χ3n) is 17.0. The van der Waals surface area contributed by atoms with Crippen LogP contribution in [0.4, 0.5) is 0 Å². The van der Waals surface area contributed by atoms with Gasteiger partial charge in [-0.1, -0.05) is 0 Å². The SMILES string of the molecule is CN(C)CCN(CCCN(CCN(C)C)CCN(C)C)CCN(C)C.CN(C)CCN(CCN(C)C)CCN(C)C.CN(C)CCN(CCN(C)C)CCN(C)C.CN(C)CCN(CCN(C)C)CCN(CCN(CCN(C)C)CCN(C)C)CCN(CCN(C)C)CCN(C)C. The molecular formula is C73H178N24. The molecule has 0 fully saturated rings. The van der Waals surface area contributed by atoms with Gasteiger partial charge in [-0.2, -0.15) is 0 Å². The summed E-state index contributed by atoms with van der Waals surface area (Å²) in [6.45, 7) is 45.6. The fourth-order valence-corrected chi connectivity index (χ4v) is 9.51. The minimum absolute atomic E-state index is 1.11. The van der Waals surface area contributed by atoms with Gasteiger partial charge in [0.25, 0.3) is 0 Å². The van der Waals surface area contributed by atoms with Crippen molar-refractivity contribution in [3.05, 3.63) is 0 Å². The summed E-state index contributed by atoms with van der Waals surface area (Å²) in [5.74, 6) is 0. The van der Waals surface area contributed by atoms with Crippen LogP contribution in [0.25, 0.3) is 0 Å². The van der Waals surface area contributed by atoms with Gasteiger partial charge in [-0.3, -0.25) is 29.4 Å². The number of nitrogens with zero attached hydrogens (tertiary/aromatic N) is 24. The van der Waals surface area contributed by atoms with E-state index in [1.165, 1.54) is 19.5 Å². The van der Waals surface area contributed by atoms with Gasteiger partial charge in [0.15, 0.2) is 0 Å². The molecule has 24 heteroatoms. The summed E-state index contributed by atoms with van der Waals surface area (Å²) in [5.41, 5.74) is 0. The van der Waals surface area contributed by atoms with Crippen molar-refractivity contribution in [2.45, 2.75) is 6.42 Å². The third-order valence-corrected chi connectivity index (χ3v) is 17.0. The van der Waals surface area contributed by atoms with Gasteiger partial charge in [-0.25, -0.2) is 0 Å². The number of hydrogen-bond acceptors (Lipinski definition) is 24. The lowest BCUT2D eigenvalue weighted by Gasteiger charge is -2.33. The fourth-order valence-electron chi connectivity index (χ4n) is 9.51. The summed E-state index contributed by atoms with van der Waals surface area (Å²) in [6, 6.07) is 0. The van der Waals surface area contributed by atoms with Crippen LogP contribution in [-0.4, -0.2) is 605 Å². The molecule has 0 aliphatic rings. The maximum absolute atomic E-state index is 2.74. The van der Waals surface area contributed by atoms with E-state index in [0.717, 1.165) is 249 Å². The van der Waals surface area contributed by atoms with Gasteiger partial charge in [0.05, 0.1) is 0 Å². The lowest BCUT2D eigenvalue weighted by molar-refractivity contribution is 0.137. The molecule has 0 amide bonds. The van der Waals surface area contributed by atoms with E-state index >= 15 is 0 Å². The quantitative estimate of drug-likeness (QED) is 0.0803. The van der Waals surface area contributed by atoms with Crippen molar-refractivity contribution in [2.24, 2.45) is 0 Å². The molecule has 0 aliphatic heterocycles. The van der Waals surface area contributed by atoms with Crippen LogP contribution in [0.3, 0.4) is 0 Å². The van der Waals surface area contributed by atoms with Crippen molar-refractivity contribution in [3.63, 3.8) is 0 Å². The lowest BCUT2D eigenvalue weighted by atomic mass is 10.3. The average Bonchev–Trinajstić information content (AvgIpc) is 3.00. The van der Waals surface area contributed by atoms with E-state index in [1.54, 1.807) is 0 Å². The van der Waals surface area contributed by atoms with Gasteiger partial charge in [-0.05, 0) is 245 Å². The van der Waals surface area contributed by atoms with Crippen molar-refractivity contribution < 1.29 is 0 Å². The van der Waals surface area contributed by atoms with Crippen molar-refractivity contribution in [2.75, 3.05) is 487 Å². The molecule has 0 saturated carbocycles. The van der Waals surface area contributed by atoms with E-state index in [4.69, 9.17) is 0 Å². The van der Waals surface area contributed by atoms with E-state index in [9.17, 15) is 0 Å². The van der Waals surface area contributed by atoms with E-state index in [2.05, 4.69) is 343 Å². The van der Waals surface area contributed by atoms with Crippen LogP contribution in [0.2, 0.25) is 0 Å². The van der Waals surface area contributed by atoms with Gasteiger partial charge in [0, 0.05) is 249 Å². The number of likely N-dealkylation sites (N-methyl/N-ethyl adjacent to an activating group) is 16.